The van der Waals surface area contributed by atoms with Gasteiger partial charge < -0.3 is 9.84 Å². The molecule has 1 atom stereocenters. The molecule has 0 saturated carbocycles. The van der Waals surface area contributed by atoms with Gasteiger partial charge in [0.15, 0.2) is 0 Å². The summed E-state index contributed by atoms with van der Waals surface area (Å²) in [6.45, 7) is 4.00. The number of aromatic carboxylic acids is 1. The highest BCUT2D eigenvalue weighted by Crippen LogP contribution is 2.36. The molecule has 162 valence electrons. The molecule has 7 nitrogen and oxygen atoms in total. The van der Waals surface area contributed by atoms with Crippen LogP contribution in [0.4, 0.5) is 13.2 Å². The van der Waals surface area contributed by atoms with Crippen molar-refractivity contribution >= 4 is 27.8 Å². The van der Waals surface area contributed by atoms with Gasteiger partial charge in [-0.2, -0.15) is 10.2 Å². The summed E-state index contributed by atoms with van der Waals surface area (Å²) in [5.41, 5.74) is 1.94. The summed E-state index contributed by atoms with van der Waals surface area (Å²) in [4.78, 5) is 11.3. The lowest BCUT2D eigenvalue weighted by atomic mass is 9.95. The van der Waals surface area contributed by atoms with Crippen molar-refractivity contribution in [1.29, 1.82) is 0 Å². The van der Waals surface area contributed by atoms with E-state index in [0.29, 0.717) is 33.8 Å². The van der Waals surface area contributed by atoms with Gasteiger partial charge in [-0.25, -0.2) is 4.79 Å². The molecular formula is C21H19F3N4O3. The number of nitrogens with zero attached hydrogens (tertiary/aromatic N) is 3. The van der Waals surface area contributed by atoms with E-state index in [1.165, 1.54) is 30.5 Å². The summed E-state index contributed by atoms with van der Waals surface area (Å²) in [5, 5.41) is 21.6. The third-order valence-corrected chi connectivity index (χ3v) is 4.98. The van der Waals surface area contributed by atoms with E-state index >= 15 is 0 Å². The van der Waals surface area contributed by atoms with E-state index < -0.39 is 18.4 Å². The Morgan fingerprint density at radius 1 is 1.19 bits per heavy atom. The highest BCUT2D eigenvalue weighted by Gasteiger charge is 2.32. The standard InChI is InChI=1S/C21H19F3N4O3/c1-11(2)5-18(28-17-4-3-12(20(29)30)6-13(17)10-26-28)16-8-15(31-21(22,23)24)7-14-9-25-27-19(14)16/h3-4,6-11,18H,5H2,1-2H3,(H,25,27)(H,29,30). The first-order valence-electron chi connectivity index (χ1n) is 9.55. The summed E-state index contributed by atoms with van der Waals surface area (Å²) >= 11 is 0. The molecule has 4 aromatic rings. The predicted octanol–water partition coefficient (Wildman–Crippen LogP) is 5.14. The summed E-state index contributed by atoms with van der Waals surface area (Å²) in [5.74, 6) is -1.20. The molecule has 2 N–H and O–H groups in total. The van der Waals surface area contributed by atoms with Crippen LogP contribution in [0, 0.1) is 5.92 Å². The van der Waals surface area contributed by atoms with Crippen molar-refractivity contribution in [2.45, 2.75) is 32.7 Å². The number of nitrogens with one attached hydrogen (secondary N) is 1. The van der Waals surface area contributed by atoms with Crippen molar-refractivity contribution in [2.75, 3.05) is 0 Å². The monoisotopic (exact) mass is 432 g/mol. The maximum atomic E-state index is 12.9. The number of rotatable bonds is 6. The van der Waals surface area contributed by atoms with E-state index in [1.54, 1.807) is 16.9 Å². The van der Waals surface area contributed by atoms with Crippen molar-refractivity contribution in [3.05, 3.63) is 53.9 Å². The first-order valence-corrected chi connectivity index (χ1v) is 9.55. The third kappa shape index (κ3) is 4.18. The first-order chi connectivity index (χ1) is 14.6. The third-order valence-electron chi connectivity index (χ3n) is 4.98. The number of carbonyl (C=O) groups is 1. The Bertz CT molecular complexity index is 1260. The number of halogens is 3. The van der Waals surface area contributed by atoms with Gasteiger partial charge in [0.05, 0.1) is 35.0 Å². The van der Waals surface area contributed by atoms with Crippen LogP contribution in [0.25, 0.3) is 21.8 Å². The Balaban J connectivity index is 1.89. The number of aromatic nitrogens is 4. The quantitative estimate of drug-likeness (QED) is 0.440. The number of aromatic amines is 1. The lowest BCUT2D eigenvalue weighted by Gasteiger charge is -2.23. The molecule has 10 heteroatoms. The van der Waals surface area contributed by atoms with Gasteiger partial charge in [-0.05, 0) is 42.7 Å². The zero-order valence-electron chi connectivity index (χ0n) is 16.6. The van der Waals surface area contributed by atoms with Crippen molar-refractivity contribution in [3.63, 3.8) is 0 Å². The van der Waals surface area contributed by atoms with E-state index in [-0.39, 0.29) is 17.2 Å². The number of H-pyrrole nitrogens is 1. The molecule has 0 fully saturated rings. The normalized spacial score (nSPS) is 13.2. The lowest BCUT2D eigenvalue weighted by molar-refractivity contribution is -0.274. The zero-order chi connectivity index (χ0) is 22.3. The highest BCUT2D eigenvalue weighted by molar-refractivity contribution is 5.93. The second-order valence-corrected chi connectivity index (χ2v) is 7.71. The van der Waals surface area contributed by atoms with Gasteiger partial charge in [-0.3, -0.25) is 9.78 Å². The van der Waals surface area contributed by atoms with Gasteiger partial charge in [0.2, 0.25) is 0 Å². The minimum atomic E-state index is -4.83. The smallest absolute Gasteiger partial charge is 0.478 e. The van der Waals surface area contributed by atoms with Crippen molar-refractivity contribution in [2.24, 2.45) is 5.92 Å². The van der Waals surface area contributed by atoms with Crippen LogP contribution in [0.5, 0.6) is 5.75 Å². The molecule has 0 radical (unpaired) electrons. The molecule has 0 amide bonds. The fraction of sp³-hybridized carbons (Fsp3) is 0.286. The molecule has 0 aliphatic carbocycles. The topological polar surface area (TPSA) is 93.0 Å². The van der Waals surface area contributed by atoms with Crippen LogP contribution in [0.15, 0.2) is 42.7 Å². The number of hydrogen-bond acceptors (Lipinski definition) is 4. The van der Waals surface area contributed by atoms with Crippen molar-refractivity contribution in [3.8, 4) is 5.75 Å². The van der Waals surface area contributed by atoms with Gasteiger partial charge in [0.25, 0.3) is 0 Å². The number of hydrogen-bond donors (Lipinski definition) is 2. The van der Waals surface area contributed by atoms with Gasteiger partial charge in [-0.1, -0.05) is 13.8 Å². The SMILES string of the molecule is CC(C)CC(c1cc(OC(F)(F)F)cc2cn[nH]c12)n1ncc2cc(C(=O)O)ccc21. The molecule has 4 rings (SSSR count). The number of alkyl halides is 3. The molecule has 0 aliphatic heterocycles. The summed E-state index contributed by atoms with van der Waals surface area (Å²) < 4.78 is 44.5. The molecule has 1 unspecified atom stereocenters. The Hall–Kier alpha value is -3.56. The van der Waals surface area contributed by atoms with Crippen LogP contribution in [0.1, 0.15) is 42.2 Å². The maximum absolute atomic E-state index is 12.9. The lowest BCUT2D eigenvalue weighted by Crippen LogP contribution is -2.18. The van der Waals surface area contributed by atoms with Crippen LogP contribution in [-0.2, 0) is 0 Å². The number of benzene rings is 2. The summed E-state index contributed by atoms with van der Waals surface area (Å²) in [7, 11) is 0. The number of carboxylic acids is 1. The van der Waals surface area contributed by atoms with E-state index in [4.69, 9.17) is 0 Å². The molecule has 2 heterocycles. The molecule has 0 saturated heterocycles. The molecule has 0 spiro atoms. The maximum Gasteiger partial charge on any atom is 0.573 e. The molecule has 31 heavy (non-hydrogen) atoms. The molecule has 2 aromatic carbocycles. The fourth-order valence-electron chi connectivity index (χ4n) is 3.75. The van der Waals surface area contributed by atoms with Crippen molar-refractivity contribution < 1.29 is 27.8 Å². The molecule has 2 aromatic heterocycles. The van der Waals surface area contributed by atoms with Crippen LogP contribution < -0.4 is 4.74 Å². The van der Waals surface area contributed by atoms with Gasteiger partial charge >= 0.3 is 12.3 Å². The average Bonchev–Trinajstić information content (AvgIpc) is 3.30. The van der Waals surface area contributed by atoms with Crippen molar-refractivity contribution in [1.82, 2.24) is 20.0 Å². The Morgan fingerprint density at radius 2 is 1.97 bits per heavy atom. The number of ether oxygens (including phenoxy) is 1. The second kappa shape index (κ2) is 7.60. The summed E-state index contributed by atoms with van der Waals surface area (Å²) in [6, 6.07) is 6.84. The zero-order valence-corrected chi connectivity index (χ0v) is 16.6. The van der Waals surface area contributed by atoms with E-state index in [2.05, 4.69) is 20.0 Å². The largest absolute Gasteiger partial charge is 0.573 e. The van der Waals surface area contributed by atoms with E-state index in [1.807, 2.05) is 13.8 Å². The second-order valence-electron chi connectivity index (χ2n) is 7.71. The number of carboxylic acid groups (broad SMARTS) is 1. The fourth-order valence-corrected chi connectivity index (χ4v) is 3.75. The van der Waals surface area contributed by atoms with E-state index in [0.717, 1.165) is 0 Å². The predicted molar refractivity (Wildman–Crippen MR) is 107 cm³/mol. The average molecular weight is 432 g/mol. The molecule has 0 aliphatic rings. The van der Waals surface area contributed by atoms with Crippen LogP contribution >= 0.6 is 0 Å². The number of fused-ring (bicyclic) bond motifs is 2. The van der Waals surface area contributed by atoms with Crippen LogP contribution in [0.2, 0.25) is 0 Å². The van der Waals surface area contributed by atoms with Crippen LogP contribution in [-0.4, -0.2) is 37.4 Å². The minimum absolute atomic E-state index is 0.129. The summed E-state index contributed by atoms with van der Waals surface area (Å²) in [6.07, 6.45) is -1.26. The van der Waals surface area contributed by atoms with Gasteiger partial charge in [-0.15, -0.1) is 13.2 Å². The minimum Gasteiger partial charge on any atom is -0.478 e. The Labute approximate surface area is 174 Å². The molecular weight excluding hydrogens is 413 g/mol. The highest BCUT2D eigenvalue weighted by atomic mass is 19.4. The Kier molecular flexibility index (Phi) is 5.08. The van der Waals surface area contributed by atoms with Gasteiger partial charge in [0.1, 0.15) is 5.75 Å². The first kappa shape index (κ1) is 20.7. The molecule has 0 bridgehead atoms. The van der Waals surface area contributed by atoms with Crippen LogP contribution in [0.3, 0.4) is 0 Å². The van der Waals surface area contributed by atoms with E-state index in [9.17, 15) is 23.1 Å². The van der Waals surface area contributed by atoms with Gasteiger partial charge in [0, 0.05) is 16.3 Å². The Morgan fingerprint density at radius 3 is 2.65 bits per heavy atom.